The molecule has 0 radical (unpaired) electrons. The van der Waals surface area contributed by atoms with Gasteiger partial charge in [0.05, 0.1) is 10.0 Å². The van der Waals surface area contributed by atoms with Gasteiger partial charge in [-0.05, 0) is 25.0 Å². The molecule has 148 valence electrons. The predicted molar refractivity (Wildman–Crippen MR) is 98.3 cm³/mol. The first-order chi connectivity index (χ1) is 12.7. The third kappa shape index (κ3) is 6.21. The second-order valence-electron chi connectivity index (χ2n) is 5.70. The number of carbonyl (C=O) groups excluding carboxylic acids is 1. The number of halogens is 5. The van der Waals surface area contributed by atoms with Crippen molar-refractivity contribution in [3.8, 4) is 0 Å². The number of hydrogen-bond donors (Lipinski definition) is 4. The molecule has 1 amide bonds. The number of carbonyl (C=O) groups is 1. The van der Waals surface area contributed by atoms with E-state index >= 15 is 0 Å². The van der Waals surface area contributed by atoms with Crippen molar-refractivity contribution in [3.63, 3.8) is 0 Å². The van der Waals surface area contributed by atoms with E-state index in [0.717, 1.165) is 0 Å². The lowest BCUT2D eigenvalue weighted by Gasteiger charge is -2.22. The average Bonchev–Trinajstić information content (AvgIpc) is 2.58. The summed E-state index contributed by atoms with van der Waals surface area (Å²) in [5.41, 5.74) is 6.49. The van der Waals surface area contributed by atoms with Gasteiger partial charge in [-0.1, -0.05) is 35.3 Å². The number of benzene rings is 1. The molecule has 1 aromatic rings. The molecule has 1 aliphatic rings. The molecular weight excluding hydrogens is 406 g/mol. The number of aliphatic imine (C=N–C) groups is 1. The Morgan fingerprint density at radius 3 is 2.67 bits per heavy atom. The molecule has 0 aromatic heterocycles. The van der Waals surface area contributed by atoms with Crippen LogP contribution in [0.4, 0.5) is 13.2 Å². The molecule has 0 bridgehead atoms. The van der Waals surface area contributed by atoms with Crippen molar-refractivity contribution in [1.82, 2.24) is 16.0 Å². The zero-order chi connectivity index (χ0) is 20.0. The first-order valence-electron chi connectivity index (χ1n) is 8.03. The summed E-state index contributed by atoms with van der Waals surface area (Å²) in [4.78, 5) is 15.0. The number of guanidine groups is 1. The van der Waals surface area contributed by atoms with Gasteiger partial charge in [0.2, 0.25) is 0 Å². The Bertz CT molecular complexity index is 752. The smallest absolute Gasteiger partial charge is 0.372 e. The molecule has 1 aromatic carbocycles. The predicted octanol–water partition coefficient (Wildman–Crippen LogP) is 2.84. The SMILES string of the molecule is NC1=NC(c2cccc(Cl)c2Cl)C=C(NCCCCNC(=O)C(F)(F)F)N1. The first-order valence-corrected chi connectivity index (χ1v) is 8.79. The molecule has 27 heavy (non-hydrogen) atoms. The molecule has 0 saturated carbocycles. The van der Waals surface area contributed by atoms with Crippen LogP contribution < -0.4 is 21.7 Å². The Morgan fingerprint density at radius 2 is 1.96 bits per heavy atom. The van der Waals surface area contributed by atoms with E-state index < -0.39 is 18.1 Å². The summed E-state index contributed by atoms with van der Waals surface area (Å²) in [6.07, 6.45) is -2.16. The maximum Gasteiger partial charge on any atom is 0.471 e. The number of nitrogens with two attached hydrogens (primary N) is 1. The van der Waals surface area contributed by atoms with Gasteiger partial charge in [0.15, 0.2) is 5.96 Å². The van der Waals surface area contributed by atoms with Crippen LogP contribution in [0, 0.1) is 0 Å². The van der Waals surface area contributed by atoms with E-state index in [1.807, 2.05) is 5.32 Å². The Labute approximate surface area is 164 Å². The van der Waals surface area contributed by atoms with Crippen LogP contribution >= 0.6 is 23.2 Å². The second kappa shape index (κ2) is 9.18. The molecule has 0 aliphatic carbocycles. The van der Waals surface area contributed by atoms with Crippen molar-refractivity contribution >= 4 is 35.1 Å². The lowest BCUT2D eigenvalue weighted by atomic mass is 10.1. The summed E-state index contributed by atoms with van der Waals surface area (Å²) < 4.78 is 36.2. The summed E-state index contributed by atoms with van der Waals surface area (Å²) in [6, 6.07) is 4.79. The normalized spacial score (nSPS) is 16.9. The Hall–Kier alpha value is -2.13. The number of hydrogen-bond acceptors (Lipinski definition) is 5. The molecule has 0 fully saturated rings. The minimum absolute atomic E-state index is 0.0587. The van der Waals surface area contributed by atoms with Gasteiger partial charge in [0.1, 0.15) is 11.9 Å². The van der Waals surface area contributed by atoms with Crippen molar-refractivity contribution < 1.29 is 18.0 Å². The topological polar surface area (TPSA) is 91.5 Å². The Morgan fingerprint density at radius 1 is 1.26 bits per heavy atom. The molecule has 0 saturated heterocycles. The van der Waals surface area contributed by atoms with E-state index in [9.17, 15) is 18.0 Å². The largest absolute Gasteiger partial charge is 0.471 e. The summed E-state index contributed by atoms with van der Waals surface area (Å²) in [6.45, 7) is 0.404. The lowest BCUT2D eigenvalue weighted by Crippen LogP contribution is -2.40. The van der Waals surface area contributed by atoms with E-state index in [1.165, 1.54) is 0 Å². The van der Waals surface area contributed by atoms with Crippen LogP contribution in [-0.4, -0.2) is 31.1 Å². The summed E-state index contributed by atoms with van der Waals surface area (Å²) in [5.74, 6) is -1.14. The van der Waals surface area contributed by atoms with Gasteiger partial charge in [-0.15, -0.1) is 0 Å². The van der Waals surface area contributed by atoms with E-state index in [4.69, 9.17) is 28.9 Å². The van der Waals surface area contributed by atoms with Crippen LogP contribution in [0.2, 0.25) is 10.0 Å². The Balaban J connectivity index is 1.84. The monoisotopic (exact) mass is 423 g/mol. The number of nitrogens with one attached hydrogen (secondary N) is 3. The molecule has 1 unspecified atom stereocenters. The maximum atomic E-state index is 12.1. The van der Waals surface area contributed by atoms with Crippen molar-refractivity contribution in [2.24, 2.45) is 10.7 Å². The number of nitrogens with zero attached hydrogens (tertiary/aromatic N) is 1. The minimum atomic E-state index is -4.86. The highest BCUT2D eigenvalue weighted by Gasteiger charge is 2.38. The first kappa shape index (κ1) is 21.2. The van der Waals surface area contributed by atoms with Crippen LogP contribution in [0.25, 0.3) is 0 Å². The molecule has 1 aliphatic heterocycles. The summed E-state index contributed by atoms with van der Waals surface area (Å²) >= 11 is 12.2. The number of rotatable bonds is 7. The van der Waals surface area contributed by atoms with Crippen molar-refractivity contribution in [1.29, 1.82) is 0 Å². The highest BCUT2D eigenvalue weighted by atomic mass is 35.5. The fraction of sp³-hybridized carbons (Fsp3) is 0.375. The van der Waals surface area contributed by atoms with Crippen LogP contribution in [0.15, 0.2) is 35.1 Å². The second-order valence-corrected chi connectivity index (χ2v) is 6.48. The Kier molecular flexibility index (Phi) is 7.20. The number of alkyl halides is 3. The molecule has 1 atom stereocenters. The van der Waals surface area contributed by atoms with Crippen LogP contribution in [0.1, 0.15) is 24.4 Å². The van der Waals surface area contributed by atoms with Gasteiger partial charge < -0.3 is 21.7 Å². The zero-order valence-electron chi connectivity index (χ0n) is 14.0. The average molecular weight is 424 g/mol. The van der Waals surface area contributed by atoms with Crippen LogP contribution in [0.5, 0.6) is 0 Å². The zero-order valence-corrected chi connectivity index (χ0v) is 15.5. The van der Waals surface area contributed by atoms with Crippen molar-refractivity contribution in [3.05, 3.63) is 45.7 Å². The third-order valence-corrected chi connectivity index (χ3v) is 4.46. The van der Waals surface area contributed by atoms with Gasteiger partial charge in [-0.25, -0.2) is 4.99 Å². The lowest BCUT2D eigenvalue weighted by molar-refractivity contribution is -0.173. The van der Waals surface area contributed by atoms with E-state index in [-0.39, 0.29) is 12.5 Å². The van der Waals surface area contributed by atoms with Gasteiger partial charge in [-0.3, -0.25) is 4.79 Å². The van der Waals surface area contributed by atoms with Gasteiger partial charge >= 0.3 is 12.1 Å². The van der Waals surface area contributed by atoms with E-state index in [2.05, 4.69) is 15.6 Å². The van der Waals surface area contributed by atoms with Crippen molar-refractivity contribution in [2.75, 3.05) is 13.1 Å². The van der Waals surface area contributed by atoms with E-state index in [0.29, 0.717) is 40.8 Å². The highest BCUT2D eigenvalue weighted by molar-refractivity contribution is 6.42. The fourth-order valence-electron chi connectivity index (χ4n) is 2.34. The molecule has 0 spiro atoms. The quantitative estimate of drug-likeness (QED) is 0.507. The number of unbranched alkanes of at least 4 members (excludes halogenated alkanes) is 1. The molecule has 2 rings (SSSR count). The summed E-state index contributed by atoms with van der Waals surface area (Å²) in [7, 11) is 0. The van der Waals surface area contributed by atoms with Gasteiger partial charge in [0.25, 0.3) is 0 Å². The summed E-state index contributed by atoms with van der Waals surface area (Å²) in [5, 5.41) is 8.56. The standard InChI is InChI=1S/C16H18Cl2F3N5O/c17-10-5-3-4-9(13(10)18)11-8-12(26-15(22)25-11)23-6-1-2-7-24-14(27)16(19,20)21/h3-5,8,11,23H,1-2,6-7H2,(H,24,27)(H3,22,25,26). The number of amides is 1. The van der Waals surface area contributed by atoms with Gasteiger partial charge in [0, 0.05) is 18.7 Å². The van der Waals surface area contributed by atoms with Crippen molar-refractivity contribution in [2.45, 2.75) is 25.1 Å². The van der Waals surface area contributed by atoms with Crippen LogP contribution in [0.3, 0.4) is 0 Å². The minimum Gasteiger partial charge on any atom is -0.372 e. The molecule has 6 nitrogen and oxygen atoms in total. The molecule has 1 heterocycles. The fourth-order valence-corrected chi connectivity index (χ4v) is 2.76. The maximum absolute atomic E-state index is 12.1. The molecule has 5 N–H and O–H groups in total. The van der Waals surface area contributed by atoms with Crippen LogP contribution in [-0.2, 0) is 4.79 Å². The highest BCUT2D eigenvalue weighted by Crippen LogP contribution is 2.33. The van der Waals surface area contributed by atoms with Gasteiger partial charge in [-0.2, -0.15) is 13.2 Å². The molecule has 11 heteroatoms. The third-order valence-electron chi connectivity index (χ3n) is 3.63. The van der Waals surface area contributed by atoms with E-state index in [1.54, 1.807) is 24.3 Å². The molecular formula is C16H18Cl2F3N5O.